The number of halogens is 2. The van der Waals surface area contributed by atoms with Gasteiger partial charge in [0.25, 0.3) is 0 Å². The quantitative estimate of drug-likeness (QED) is 0.789. The Hall–Kier alpha value is -2.27. The molecule has 1 fully saturated rings. The molecule has 144 valence electrons. The highest BCUT2D eigenvalue weighted by molar-refractivity contribution is 5.82. The summed E-state index contributed by atoms with van der Waals surface area (Å²) in [5, 5.41) is 2.92. The van der Waals surface area contributed by atoms with Crippen LogP contribution in [0.2, 0.25) is 0 Å². The fourth-order valence-corrected chi connectivity index (χ4v) is 3.18. The van der Waals surface area contributed by atoms with Crippen LogP contribution in [0.3, 0.4) is 0 Å². The fourth-order valence-electron chi connectivity index (χ4n) is 3.18. The van der Waals surface area contributed by atoms with Gasteiger partial charge < -0.3 is 5.32 Å². The Morgan fingerprint density at radius 3 is 2.44 bits per heavy atom. The van der Waals surface area contributed by atoms with Crippen molar-refractivity contribution < 1.29 is 13.6 Å². The van der Waals surface area contributed by atoms with E-state index in [9.17, 15) is 13.6 Å². The summed E-state index contributed by atoms with van der Waals surface area (Å²) in [5.41, 5.74) is 2.69. The van der Waals surface area contributed by atoms with Crippen LogP contribution in [0.25, 0.3) is 0 Å². The average Bonchev–Trinajstić information content (AvgIpc) is 3.41. The number of nitrogens with zero attached hydrogens (tertiary/aromatic N) is 1. The average molecular weight is 372 g/mol. The molecule has 0 aromatic heterocycles. The Balaban J connectivity index is 1.50. The van der Waals surface area contributed by atoms with E-state index in [0.717, 1.165) is 18.2 Å². The highest BCUT2D eigenvalue weighted by Crippen LogP contribution is 2.48. The number of carbonyl (C=O) groups excluding carboxylic acids is 1. The van der Waals surface area contributed by atoms with Crippen LogP contribution >= 0.6 is 0 Å². The second-order valence-corrected chi connectivity index (χ2v) is 7.66. The molecule has 2 atom stereocenters. The zero-order chi connectivity index (χ0) is 19.6. The van der Waals surface area contributed by atoms with Gasteiger partial charge in [0.05, 0.1) is 0 Å². The van der Waals surface area contributed by atoms with E-state index in [1.165, 1.54) is 17.7 Å². The van der Waals surface area contributed by atoms with E-state index in [-0.39, 0.29) is 17.7 Å². The molecule has 1 aliphatic carbocycles. The van der Waals surface area contributed by atoms with Gasteiger partial charge in [-0.25, -0.2) is 8.78 Å². The van der Waals surface area contributed by atoms with Gasteiger partial charge in [-0.3, -0.25) is 9.69 Å². The smallest absolute Gasteiger partial charge is 0.224 e. The molecule has 1 N–H and O–H groups in total. The minimum absolute atomic E-state index is 0.0765. The molecule has 5 heteroatoms. The molecular weight excluding hydrogens is 346 g/mol. The molecule has 1 aliphatic rings. The summed E-state index contributed by atoms with van der Waals surface area (Å²) >= 11 is 0. The van der Waals surface area contributed by atoms with Crippen molar-refractivity contribution in [1.82, 2.24) is 10.2 Å². The predicted octanol–water partition coefficient (Wildman–Crippen LogP) is 4.22. The van der Waals surface area contributed by atoms with Crippen molar-refractivity contribution in [3.8, 4) is 0 Å². The van der Waals surface area contributed by atoms with Gasteiger partial charge in [0, 0.05) is 31.1 Å². The molecule has 1 amide bonds. The molecule has 1 saturated carbocycles. The SMILES string of the molecule is CC(C)N(C)Cc1ccc(CNC(=O)[C@H]2C[C@@H]2c2ccc(F)cc2F)cc1. The molecule has 3 nitrogen and oxygen atoms in total. The number of hydrogen-bond acceptors (Lipinski definition) is 2. The number of rotatable bonds is 7. The Morgan fingerprint density at radius 2 is 1.81 bits per heavy atom. The second kappa shape index (κ2) is 8.17. The highest BCUT2D eigenvalue weighted by Gasteiger charge is 2.45. The van der Waals surface area contributed by atoms with Crippen molar-refractivity contribution in [2.75, 3.05) is 7.05 Å². The van der Waals surface area contributed by atoms with Gasteiger partial charge >= 0.3 is 0 Å². The number of amides is 1. The lowest BCUT2D eigenvalue weighted by Gasteiger charge is -2.21. The van der Waals surface area contributed by atoms with Crippen LogP contribution in [0.1, 0.15) is 42.9 Å². The van der Waals surface area contributed by atoms with Crippen molar-refractivity contribution in [2.24, 2.45) is 5.92 Å². The Bertz CT molecular complexity index is 804. The van der Waals surface area contributed by atoms with Gasteiger partial charge in [0.15, 0.2) is 0 Å². The fraction of sp³-hybridized carbons (Fsp3) is 0.409. The Morgan fingerprint density at radius 1 is 1.15 bits per heavy atom. The lowest BCUT2D eigenvalue weighted by molar-refractivity contribution is -0.122. The van der Waals surface area contributed by atoms with Gasteiger partial charge in [-0.2, -0.15) is 0 Å². The van der Waals surface area contributed by atoms with Crippen LogP contribution in [0, 0.1) is 17.6 Å². The summed E-state index contributed by atoms with van der Waals surface area (Å²) in [6, 6.07) is 12.2. The van der Waals surface area contributed by atoms with Gasteiger partial charge in [0.1, 0.15) is 11.6 Å². The summed E-state index contributed by atoms with van der Waals surface area (Å²) in [6.45, 7) is 5.66. The van der Waals surface area contributed by atoms with Crippen LogP contribution < -0.4 is 5.32 Å². The maximum atomic E-state index is 13.8. The zero-order valence-corrected chi connectivity index (χ0v) is 16.0. The second-order valence-electron chi connectivity index (χ2n) is 7.66. The van der Waals surface area contributed by atoms with Crippen LogP contribution in [-0.2, 0) is 17.9 Å². The lowest BCUT2D eigenvalue weighted by Crippen LogP contribution is -2.26. The molecule has 0 spiro atoms. The molecule has 0 radical (unpaired) electrons. The molecule has 2 aromatic rings. The van der Waals surface area contributed by atoms with Gasteiger partial charge in [-0.15, -0.1) is 0 Å². The van der Waals surface area contributed by atoms with Crippen LogP contribution in [0.5, 0.6) is 0 Å². The first-order valence-electron chi connectivity index (χ1n) is 9.36. The van der Waals surface area contributed by atoms with E-state index in [1.54, 1.807) is 0 Å². The van der Waals surface area contributed by atoms with Crippen molar-refractivity contribution in [3.05, 3.63) is 70.8 Å². The summed E-state index contributed by atoms with van der Waals surface area (Å²) in [6.07, 6.45) is 0.606. The summed E-state index contributed by atoms with van der Waals surface area (Å²) in [7, 11) is 2.09. The number of hydrogen-bond donors (Lipinski definition) is 1. The van der Waals surface area contributed by atoms with Gasteiger partial charge in [-0.05, 0) is 56.0 Å². The van der Waals surface area contributed by atoms with E-state index in [1.807, 2.05) is 12.1 Å². The number of nitrogens with one attached hydrogen (secondary N) is 1. The molecule has 0 bridgehead atoms. The largest absolute Gasteiger partial charge is 0.352 e. The van der Waals surface area contributed by atoms with E-state index in [4.69, 9.17) is 0 Å². The lowest BCUT2D eigenvalue weighted by atomic mass is 10.1. The van der Waals surface area contributed by atoms with E-state index in [0.29, 0.717) is 24.6 Å². The van der Waals surface area contributed by atoms with Crippen LogP contribution in [-0.4, -0.2) is 23.9 Å². The molecule has 27 heavy (non-hydrogen) atoms. The molecular formula is C22H26F2N2O. The number of carbonyl (C=O) groups is 1. The third-order valence-corrected chi connectivity index (χ3v) is 5.29. The third kappa shape index (κ3) is 4.92. The monoisotopic (exact) mass is 372 g/mol. The van der Waals surface area contributed by atoms with Crippen LogP contribution in [0.15, 0.2) is 42.5 Å². The molecule has 0 unspecified atom stereocenters. The molecule has 3 rings (SSSR count). The summed E-state index contributed by atoms with van der Waals surface area (Å²) in [4.78, 5) is 14.6. The van der Waals surface area contributed by atoms with Crippen molar-refractivity contribution >= 4 is 5.91 Å². The predicted molar refractivity (Wildman–Crippen MR) is 102 cm³/mol. The highest BCUT2D eigenvalue weighted by atomic mass is 19.1. The van der Waals surface area contributed by atoms with Gasteiger partial charge in [-0.1, -0.05) is 30.3 Å². The van der Waals surface area contributed by atoms with Crippen molar-refractivity contribution in [1.29, 1.82) is 0 Å². The maximum absolute atomic E-state index is 13.8. The summed E-state index contributed by atoms with van der Waals surface area (Å²) < 4.78 is 26.8. The molecule has 0 aliphatic heterocycles. The minimum Gasteiger partial charge on any atom is -0.352 e. The minimum atomic E-state index is -0.596. The van der Waals surface area contributed by atoms with Crippen molar-refractivity contribution in [2.45, 2.75) is 45.3 Å². The van der Waals surface area contributed by atoms with E-state index in [2.05, 4.69) is 43.2 Å². The molecule has 0 saturated heterocycles. The first kappa shape index (κ1) is 19.5. The standard InChI is InChI=1S/C22H26F2N2O/c1-14(2)26(3)13-16-6-4-15(5-7-16)12-25-22(27)20-11-19(20)18-9-8-17(23)10-21(18)24/h4-10,14,19-20H,11-13H2,1-3H3,(H,25,27)/t19-,20+/m1/s1. The maximum Gasteiger partial charge on any atom is 0.224 e. The topological polar surface area (TPSA) is 32.3 Å². The molecule has 0 heterocycles. The summed E-state index contributed by atoms with van der Waals surface area (Å²) in [5.74, 6) is -1.63. The normalized spacial score (nSPS) is 18.8. The van der Waals surface area contributed by atoms with Crippen LogP contribution in [0.4, 0.5) is 8.78 Å². The Labute approximate surface area is 159 Å². The van der Waals surface area contributed by atoms with Crippen molar-refractivity contribution in [3.63, 3.8) is 0 Å². The first-order valence-corrected chi connectivity index (χ1v) is 9.36. The molecule has 2 aromatic carbocycles. The zero-order valence-electron chi connectivity index (χ0n) is 16.0. The first-order chi connectivity index (χ1) is 12.8. The Kier molecular flexibility index (Phi) is 5.90. The van der Waals surface area contributed by atoms with E-state index >= 15 is 0 Å². The van der Waals surface area contributed by atoms with Gasteiger partial charge in [0.2, 0.25) is 5.91 Å². The number of benzene rings is 2. The van der Waals surface area contributed by atoms with E-state index < -0.39 is 11.6 Å². The third-order valence-electron chi connectivity index (χ3n) is 5.29.